The lowest BCUT2D eigenvalue weighted by Gasteiger charge is -2.09. The molecule has 0 aliphatic heterocycles. The molecule has 0 radical (unpaired) electrons. The first-order valence-corrected chi connectivity index (χ1v) is 4.34. The van der Waals surface area contributed by atoms with Crippen molar-refractivity contribution in [3.63, 3.8) is 0 Å². The summed E-state index contributed by atoms with van der Waals surface area (Å²) >= 11 is 0. The molecule has 1 aromatic carbocycles. The van der Waals surface area contributed by atoms with Crippen molar-refractivity contribution >= 4 is 11.7 Å². The van der Waals surface area contributed by atoms with Crippen LogP contribution in [-0.4, -0.2) is 33.3 Å². The SMILES string of the molecule is COCc1c([N+](=O)[O-])cc(O)c(C(=O)O)c1O. The van der Waals surface area contributed by atoms with Crippen molar-refractivity contribution in [1.29, 1.82) is 0 Å². The number of aromatic carboxylic acids is 1. The number of phenols is 2. The van der Waals surface area contributed by atoms with Gasteiger partial charge in [0.2, 0.25) is 0 Å². The van der Waals surface area contributed by atoms with E-state index in [4.69, 9.17) is 5.11 Å². The number of nitro benzene ring substituents is 1. The first-order chi connectivity index (χ1) is 7.90. The molecule has 0 heterocycles. The number of ether oxygens (including phenoxy) is 1. The minimum absolute atomic E-state index is 0.298. The summed E-state index contributed by atoms with van der Waals surface area (Å²) in [5.74, 6) is -3.33. The Kier molecular flexibility index (Phi) is 3.49. The zero-order chi connectivity index (χ0) is 13.2. The lowest BCUT2D eigenvalue weighted by Crippen LogP contribution is -2.04. The van der Waals surface area contributed by atoms with Crippen LogP contribution in [-0.2, 0) is 11.3 Å². The third-order valence-electron chi connectivity index (χ3n) is 2.06. The standard InChI is InChI=1S/C9H9NO7/c1-17-3-4-5(10(15)16)2-6(11)7(8(4)12)9(13)14/h2,11-12H,3H2,1H3,(H,13,14). The predicted octanol–water partition coefficient (Wildman–Crippen LogP) is 0.851. The van der Waals surface area contributed by atoms with E-state index >= 15 is 0 Å². The van der Waals surface area contributed by atoms with Gasteiger partial charge < -0.3 is 20.1 Å². The van der Waals surface area contributed by atoms with Gasteiger partial charge in [-0.05, 0) is 0 Å². The molecule has 17 heavy (non-hydrogen) atoms. The lowest BCUT2D eigenvalue weighted by atomic mass is 10.1. The predicted molar refractivity (Wildman–Crippen MR) is 54.1 cm³/mol. The number of carboxylic acid groups (broad SMARTS) is 1. The van der Waals surface area contributed by atoms with E-state index < -0.39 is 33.6 Å². The number of rotatable bonds is 4. The summed E-state index contributed by atoms with van der Waals surface area (Å²) in [7, 11) is 1.23. The van der Waals surface area contributed by atoms with E-state index in [0.717, 1.165) is 0 Å². The van der Waals surface area contributed by atoms with E-state index in [1.54, 1.807) is 0 Å². The highest BCUT2D eigenvalue weighted by Gasteiger charge is 2.27. The van der Waals surface area contributed by atoms with E-state index in [-0.39, 0.29) is 12.2 Å². The Morgan fingerprint density at radius 3 is 2.53 bits per heavy atom. The van der Waals surface area contributed by atoms with Crippen LogP contribution in [0.25, 0.3) is 0 Å². The summed E-state index contributed by atoms with van der Waals surface area (Å²) in [6.07, 6.45) is 0. The Hall–Kier alpha value is -2.35. The van der Waals surface area contributed by atoms with Crippen LogP contribution < -0.4 is 0 Å². The largest absolute Gasteiger partial charge is 0.507 e. The fraction of sp³-hybridized carbons (Fsp3) is 0.222. The molecule has 0 unspecified atom stereocenters. The van der Waals surface area contributed by atoms with Gasteiger partial charge in [-0.15, -0.1) is 0 Å². The zero-order valence-electron chi connectivity index (χ0n) is 8.71. The molecule has 92 valence electrons. The summed E-state index contributed by atoms with van der Waals surface area (Å²) in [4.78, 5) is 20.6. The zero-order valence-corrected chi connectivity index (χ0v) is 8.71. The minimum Gasteiger partial charge on any atom is -0.507 e. The molecular formula is C9H9NO7. The number of nitrogens with zero attached hydrogens (tertiary/aromatic N) is 1. The molecule has 0 bridgehead atoms. The first kappa shape index (κ1) is 12.7. The highest BCUT2D eigenvalue weighted by molar-refractivity contribution is 5.95. The molecule has 8 nitrogen and oxygen atoms in total. The van der Waals surface area contributed by atoms with E-state index in [9.17, 15) is 25.1 Å². The average Bonchev–Trinajstić information content (AvgIpc) is 2.21. The molecule has 0 aliphatic carbocycles. The van der Waals surface area contributed by atoms with Gasteiger partial charge in [0.1, 0.15) is 17.1 Å². The van der Waals surface area contributed by atoms with Crippen molar-refractivity contribution < 1.29 is 29.8 Å². The first-order valence-electron chi connectivity index (χ1n) is 4.34. The normalized spacial score (nSPS) is 10.2. The van der Waals surface area contributed by atoms with Crippen LogP contribution in [0.1, 0.15) is 15.9 Å². The third kappa shape index (κ3) is 2.26. The summed E-state index contributed by atoms with van der Waals surface area (Å²) < 4.78 is 4.64. The smallest absolute Gasteiger partial charge is 0.343 e. The quantitative estimate of drug-likeness (QED) is 0.527. The molecule has 1 rings (SSSR count). The van der Waals surface area contributed by atoms with Crippen molar-refractivity contribution in [2.75, 3.05) is 7.11 Å². The van der Waals surface area contributed by atoms with Gasteiger partial charge in [0, 0.05) is 7.11 Å². The van der Waals surface area contributed by atoms with Crippen LogP contribution in [0.5, 0.6) is 11.5 Å². The van der Waals surface area contributed by atoms with Crippen LogP contribution >= 0.6 is 0 Å². The van der Waals surface area contributed by atoms with Crippen molar-refractivity contribution in [2.24, 2.45) is 0 Å². The van der Waals surface area contributed by atoms with Gasteiger partial charge in [-0.25, -0.2) is 4.79 Å². The molecule has 1 aromatic rings. The molecule has 0 spiro atoms. The number of carbonyl (C=O) groups is 1. The van der Waals surface area contributed by atoms with E-state index in [2.05, 4.69) is 4.74 Å². The molecule has 0 atom stereocenters. The van der Waals surface area contributed by atoms with Crippen LogP contribution in [0, 0.1) is 10.1 Å². The second-order valence-corrected chi connectivity index (χ2v) is 3.11. The highest BCUT2D eigenvalue weighted by Crippen LogP contribution is 2.37. The van der Waals surface area contributed by atoms with Gasteiger partial charge in [0.15, 0.2) is 0 Å². The monoisotopic (exact) mass is 243 g/mol. The molecule has 0 amide bonds. The number of hydrogen-bond acceptors (Lipinski definition) is 6. The second kappa shape index (κ2) is 4.66. The number of carboxylic acids is 1. The van der Waals surface area contributed by atoms with Crippen LogP contribution in [0.15, 0.2) is 6.07 Å². The Morgan fingerprint density at radius 2 is 2.12 bits per heavy atom. The highest BCUT2D eigenvalue weighted by atomic mass is 16.6. The van der Waals surface area contributed by atoms with Gasteiger partial charge >= 0.3 is 5.97 Å². The Bertz CT molecular complexity index is 483. The average molecular weight is 243 g/mol. The number of methoxy groups -OCH3 is 1. The number of nitro groups is 1. The molecule has 0 saturated heterocycles. The summed E-state index contributed by atoms with van der Waals surface area (Å²) in [6.45, 7) is -0.345. The van der Waals surface area contributed by atoms with Crippen molar-refractivity contribution in [3.05, 3.63) is 27.3 Å². The van der Waals surface area contributed by atoms with Gasteiger partial charge in [-0.3, -0.25) is 10.1 Å². The molecule has 0 saturated carbocycles. The van der Waals surface area contributed by atoms with Gasteiger partial charge in [0.25, 0.3) is 5.69 Å². The van der Waals surface area contributed by atoms with Crippen LogP contribution in [0.3, 0.4) is 0 Å². The van der Waals surface area contributed by atoms with Crippen molar-refractivity contribution in [2.45, 2.75) is 6.61 Å². The summed E-state index contributed by atoms with van der Waals surface area (Å²) in [6, 6.07) is 0.664. The maximum absolute atomic E-state index is 10.7. The fourth-order valence-electron chi connectivity index (χ4n) is 1.34. The summed E-state index contributed by atoms with van der Waals surface area (Å²) in [5.41, 5.74) is -1.69. The molecule has 3 N–H and O–H groups in total. The van der Waals surface area contributed by atoms with Crippen LogP contribution in [0.2, 0.25) is 0 Å². The van der Waals surface area contributed by atoms with E-state index in [1.165, 1.54) is 7.11 Å². The Balaban J connectivity index is 3.57. The number of benzene rings is 1. The van der Waals surface area contributed by atoms with Crippen LogP contribution in [0.4, 0.5) is 5.69 Å². The van der Waals surface area contributed by atoms with Gasteiger partial charge in [-0.2, -0.15) is 0 Å². The van der Waals surface area contributed by atoms with Gasteiger partial charge in [0.05, 0.1) is 23.2 Å². The molecule has 8 heteroatoms. The molecule has 0 aromatic heterocycles. The molecular weight excluding hydrogens is 234 g/mol. The summed E-state index contributed by atoms with van der Waals surface area (Å²) in [5, 5.41) is 38.3. The topological polar surface area (TPSA) is 130 Å². The lowest BCUT2D eigenvalue weighted by molar-refractivity contribution is -0.386. The van der Waals surface area contributed by atoms with Gasteiger partial charge in [-0.1, -0.05) is 0 Å². The maximum atomic E-state index is 10.7. The van der Waals surface area contributed by atoms with Crippen molar-refractivity contribution in [1.82, 2.24) is 0 Å². The number of aromatic hydroxyl groups is 2. The fourth-order valence-corrected chi connectivity index (χ4v) is 1.34. The number of hydrogen-bond donors (Lipinski definition) is 3. The van der Waals surface area contributed by atoms with E-state index in [1.807, 2.05) is 0 Å². The maximum Gasteiger partial charge on any atom is 0.343 e. The Morgan fingerprint density at radius 1 is 1.53 bits per heavy atom. The molecule has 0 aliphatic rings. The Labute approximate surface area is 94.8 Å². The van der Waals surface area contributed by atoms with E-state index in [0.29, 0.717) is 6.07 Å². The second-order valence-electron chi connectivity index (χ2n) is 3.11. The third-order valence-corrected chi connectivity index (χ3v) is 2.06. The molecule has 0 fully saturated rings. The minimum atomic E-state index is -1.59. The van der Waals surface area contributed by atoms with Crippen molar-refractivity contribution in [3.8, 4) is 11.5 Å².